The first kappa shape index (κ1) is 18.1. The summed E-state index contributed by atoms with van der Waals surface area (Å²) in [5, 5.41) is 6.42. The Labute approximate surface area is 140 Å². The molecule has 2 rings (SSSR count). The second-order valence-corrected chi connectivity index (χ2v) is 5.70. The summed E-state index contributed by atoms with van der Waals surface area (Å²) in [6.07, 6.45) is -1.57. The minimum absolute atomic E-state index is 0.0885. The molecular formula is C17H22F2N4O. The van der Waals surface area contributed by atoms with Crippen LogP contribution in [0.2, 0.25) is 0 Å². The molecule has 1 N–H and O–H groups in total. The molecule has 0 aliphatic rings. The van der Waals surface area contributed by atoms with Gasteiger partial charge in [-0.1, -0.05) is 31.2 Å². The predicted molar refractivity (Wildman–Crippen MR) is 87.8 cm³/mol. The highest BCUT2D eigenvalue weighted by molar-refractivity contribution is 5.95. The van der Waals surface area contributed by atoms with Gasteiger partial charge in [0, 0.05) is 20.1 Å². The lowest BCUT2D eigenvalue weighted by Gasteiger charge is -2.14. The molecule has 1 aromatic carbocycles. The SMILES string of the molecule is CCN(C)Cc1cccc(CNC(=O)c2cnn(C)c2C(F)F)c1. The Morgan fingerprint density at radius 1 is 1.38 bits per heavy atom. The smallest absolute Gasteiger partial charge is 0.280 e. The summed E-state index contributed by atoms with van der Waals surface area (Å²) in [6.45, 7) is 4.12. The Morgan fingerprint density at radius 2 is 2.08 bits per heavy atom. The molecule has 0 fully saturated rings. The number of hydrogen-bond donors (Lipinski definition) is 1. The number of rotatable bonds is 7. The first-order valence-corrected chi connectivity index (χ1v) is 7.77. The van der Waals surface area contributed by atoms with E-state index in [1.807, 2.05) is 31.3 Å². The zero-order chi connectivity index (χ0) is 17.7. The van der Waals surface area contributed by atoms with Gasteiger partial charge >= 0.3 is 0 Å². The predicted octanol–water partition coefficient (Wildman–Crippen LogP) is 2.74. The highest BCUT2D eigenvalue weighted by Crippen LogP contribution is 2.22. The van der Waals surface area contributed by atoms with Crippen LogP contribution in [-0.2, 0) is 20.1 Å². The van der Waals surface area contributed by atoms with Crippen LogP contribution in [0.15, 0.2) is 30.5 Å². The number of carbonyl (C=O) groups excluding carboxylic acids is 1. The number of halogens is 2. The largest absolute Gasteiger partial charge is 0.348 e. The fraction of sp³-hybridized carbons (Fsp3) is 0.412. The standard InChI is InChI=1S/C17H22F2N4O/c1-4-22(2)11-13-7-5-6-12(8-13)9-20-17(24)14-10-21-23(3)15(14)16(18)19/h5-8,10,16H,4,9,11H2,1-3H3,(H,20,24). The van der Waals surface area contributed by atoms with Gasteiger partial charge in [-0.05, 0) is 24.7 Å². The quantitative estimate of drug-likeness (QED) is 0.846. The number of nitrogens with one attached hydrogen (secondary N) is 1. The summed E-state index contributed by atoms with van der Waals surface area (Å²) >= 11 is 0. The van der Waals surface area contributed by atoms with E-state index in [1.165, 1.54) is 13.2 Å². The Bertz CT molecular complexity index is 700. The molecule has 2 aromatic rings. The van der Waals surface area contributed by atoms with Gasteiger partial charge in [-0.25, -0.2) is 8.78 Å². The summed E-state index contributed by atoms with van der Waals surface area (Å²) < 4.78 is 27.0. The van der Waals surface area contributed by atoms with E-state index in [0.717, 1.165) is 28.9 Å². The first-order valence-electron chi connectivity index (χ1n) is 7.77. The van der Waals surface area contributed by atoms with E-state index in [0.29, 0.717) is 0 Å². The summed E-state index contributed by atoms with van der Waals surface area (Å²) in [7, 11) is 3.43. The van der Waals surface area contributed by atoms with Gasteiger partial charge < -0.3 is 10.2 Å². The van der Waals surface area contributed by atoms with Gasteiger partial charge in [0.25, 0.3) is 12.3 Å². The van der Waals surface area contributed by atoms with Crippen molar-refractivity contribution in [1.82, 2.24) is 20.0 Å². The van der Waals surface area contributed by atoms with Crippen molar-refractivity contribution in [3.05, 3.63) is 52.8 Å². The van der Waals surface area contributed by atoms with Crippen LogP contribution in [0.3, 0.4) is 0 Å². The van der Waals surface area contributed by atoms with Crippen LogP contribution in [0.5, 0.6) is 0 Å². The van der Waals surface area contributed by atoms with Crippen LogP contribution >= 0.6 is 0 Å². The fourth-order valence-corrected chi connectivity index (χ4v) is 2.42. The molecule has 1 aromatic heterocycles. The van der Waals surface area contributed by atoms with Gasteiger partial charge in [0.05, 0.1) is 11.8 Å². The maximum atomic E-state index is 13.0. The van der Waals surface area contributed by atoms with Crippen molar-refractivity contribution in [2.45, 2.75) is 26.4 Å². The summed E-state index contributed by atoms with van der Waals surface area (Å²) in [6, 6.07) is 7.85. The molecule has 0 aliphatic heterocycles. The number of alkyl halides is 2. The molecule has 0 spiro atoms. The summed E-state index contributed by atoms with van der Waals surface area (Å²) in [4.78, 5) is 14.3. The van der Waals surface area contributed by atoms with Crippen LogP contribution in [-0.4, -0.2) is 34.2 Å². The molecule has 5 nitrogen and oxygen atoms in total. The van der Waals surface area contributed by atoms with Crippen molar-refractivity contribution >= 4 is 5.91 Å². The zero-order valence-corrected chi connectivity index (χ0v) is 14.1. The Hall–Kier alpha value is -2.28. The van der Waals surface area contributed by atoms with E-state index < -0.39 is 12.3 Å². The third-order valence-electron chi connectivity index (χ3n) is 3.87. The monoisotopic (exact) mass is 336 g/mol. The number of nitrogens with zero attached hydrogens (tertiary/aromatic N) is 3. The third kappa shape index (κ3) is 4.38. The Balaban J connectivity index is 2.03. The van der Waals surface area contributed by atoms with Crippen molar-refractivity contribution in [1.29, 1.82) is 0 Å². The molecule has 0 atom stereocenters. The molecule has 7 heteroatoms. The van der Waals surface area contributed by atoms with E-state index in [4.69, 9.17) is 0 Å². The molecule has 0 bridgehead atoms. The zero-order valence-electron chi connectivity index (χ0n) is 14.1. The van der Waals surface area contributed by atoms with Gasteiger partial charge in [-0.2, -0.15) is 5.10 Å². The maximum Gasteiger partial charge on any atom is 0.280 e. The van der Waals surface area contributed by atoms with Gasteiger partial charge in [0.2, 0.25) is 0 Å². The molecular weight excluding hydrogens is 314 g/mol. The number of carbonyl (C=O) groups is 1. The Morgan fingerprint density at radius 3 is 2.75 bits per heavy atom. The molecule has 0 radical (unpaired) electrons. The molecule has 1 heterocycles. The molecule has 1 amide bonds. The van der Waals surface area contributed by atoms with Crippen LogP contribution in [0.25, 0.3) is 0 Å². The normalized spacial score (nSPS) is 11.3. The highest BCUT2D eigenvalue weighted by atomic mass is 19.3. The summed E-state index contributed by atoms with van der Waals surface area (Å²) in [5.74, 6) is -0.547. The number of aryl methyl sites for hydroxylation is 1. The lowest BCUT2D eigenvalue weighted by Crippen LogP contribution is -2.24. The second kappa shape index (κ2) is 8.01. The number of amides is 1. The highest BCUT2D eigenvalue weighted by Gasteiger charge is 2.22. The van der Waals surface area contributed by atoms with E-state index in [2.05, 4.69) is 22.2 Å². The Kier molecular flexibility index (Phi) is 6.03. The van der Waals surface area contributed by atoms with Crippen LogP contribution in [0.4, 0.5) is 8.78 Å². The molecule has 130 valence electrons. The summed E-state index contributed by atoms with van der Waals surface area (Å²) in [5.41, 5.74) is 1.61. The van der Waals surface area contributed by atoms with Crippen molar-refractivity contribution < 1.29 is 13.6 Å². The molecule has 0 aliphatic carbocycles. The molecule has 0 saturated heterocycles. The molecule has 0 unspecified atom stereocenters. The van der Waals surface area contributed by atoms with Crippen LogP contribution in [0.1, 0.15) is 40.5 Å². The van der Waals surface area contributed by atoms with E-state index >= 15 is 0 Å². The van der Waals surface area contributed by atoms with E-state index in [-0.39, 0.29) is 17.8 Å². The van der Waals surface area contributed by atoms with Crippen LogP contribution in [0, 0.1) is 0 Å². The lowest BCUT2D eigenvalue weighted by atomic mass is 10.1. The third-order valence-corrected chi connectivity index (χ3v) is 3.87. The average Bonchev–Trinajstić information content (AvgIpc) is 2.94. The van der Waals surface area contributed by atoms with Crippen molar-refractivity contribution in [2.75, 3.05) is 13.6 Å². The topological polar surface area (TPSA) is 50.2 Å². The van der Waals surface area contributed by atoms with Gasteiger partial charge in [-0.3, -0.25) is 9.48 Å². The van der Waals surface area contributed by atoms with Crippen LogP contribution < -0.4 is 5.32 Å². The number of aromatic nitrogens is 2. The van der Waals surface area contributed by atoms with E-state index in [9.17, 15) is 13.6 Å². The molecule has 0 saturated carbocycles. The maximum absolute atomic E-state index is 13.0. The minimum Gasteiger partial charge on any atom is -0.348 e. The van der Waals surface area contributed by atoms with E-state index in [1.54, 1.807) is 0 Å². The van der Waals surface area contributed by atoms with Gasteiger partial charge in [0.15, 0.2) is 0 Å². The second-order valence-electron chi connectivity index (χ2n) is 5.70. The minimum atomic E-state index is -2.74. The van der Waals surface area contributed by atoms with Gasteiger partial charge in [0.1, 0.15) is 5.69 Å². The lowest BCUT2D eigenvalue weighted by molar-refractivity contribution is 0.0933. The fourth-order valence-electron chi connectivity index (χ4n) is 2.42. The van der Waals surface area contributed by atoms with Gasteiger partial charge in [-0.15, -0.1) is 0 Å². The average molecular weight is 336 g/mol. The van der Waals surface area contributed by atoms with Crippen molar-refractivity contribution in [2.24, 2.45) is 7.05 Å². The van der Waals surface area contributed by atoms with Crippen molar-refractivity contribution in [3.8, 4) is 0 Å². The molecule has 24 heavy (non-hydrogen) atoms. The number of hydrogen-bond acceptors (Lipinski definition) is 3. The number of benzene rings is 1. The van der Waals surface area contributed by atoms with Crippen molar-refractivity contribution in [3.63, 3.8) is 0 Å². The first-order chi connectivity index (χ1) is 11.4.